The number of ether oxygens (including phenoxy) is 1. The number of hydrogen-bond acceptors (Lipinski definition) is 5. The minimum absolute atomic E-state index is 0.152. The second-order valence-electron chi connectivity index (χ2n) is 8.11. The van der Waals surface area contributed by atoms with Crippen LogP contribution in [0, 0.1) is 0 Å². The van der Waals surface area contributed by atoms with Crippen molar-refractivity contribution in [1.82, 2.24) is 29.5 Å². The first-order valence-electron chi connectivity index (χ1n) is 11.1. The van der Waals surface area contributed by atoms with Crippen molar-refractivity contribution in [1.29, 1.82) is 0 Å². The van der Waals surface area contributed by atoms with Gasteiger partial charge in [-0.1, -0.05) is 31.7 Å². The summed E-state index contributed by atoms with van der Waals surface area (Å²) >= 11 is 0. The van der Waals surface area contributed by atoms with Crippen LogP contribution < -0.4 is 10.1 Å². The number of hydrogen-bond donors (Lipinski definition) is 1. The lowest BCUT2D eigenvalue weighted by molar-refractivity contribution is 0.0930. The predicted molar refractivity (Wildman–Crippen MR) is 121 cm³/mol. The summed E-state index contributed by atoms with van der Waals surface area (Å²) in [5, 5.41) is 7.70. The molecule has 1 aliphatic carbocycles. The maximum atomic E-state index is 13.2. The minimum Gasteiger partial charge on any atom is -0.497 e. The maximum absolute atomic E-state index is 13.2. The molecule has 32 heavy (non-hydrogen) atoms. The molecule has 0 saturated heterocycles. The van der Waals surface area contributed by atoms with Gasteiger partial charge in [-0.3, -0.25) is 14.2 Å². The topological polar surface area (TPSA) is 86.3 Å². The van der Waals surface area contributed by atoms with E-state index in [4.69, 9.17) is 9.72 Å². The van der Waals surface area contributed by atoms with Crippen molar-refractivity contribution in [3.05, 3.63) is 60.8 Å². The van der Waals surface area contributed by atoms with Gasteiger partial charge in [0.15, 0.2) is 11.5 Å². The van der Waals surface area contributed by atoms with E-state index in [0.29, 0.717) is 17.0 Å². The molecule has 1 amide bonds. The van der Waals surface area contributed by atoms with Crippen LogP contribution in [-0.4, -0.2) is 43.2 Å². The average molecular weight is 431 g/mol. The van der Waals surface area contributed by atoms with Crippen molar-refractivity contribution in [2.24, 2.45) is 0 Å². The van der Waals surface area contributed by atoms with Crippen LogP contribution in [0.3, 0.4) is 0 Å². The Bertz CT molecular complexity index is 1240. The van der Waals surface area contributed by atoms with E-state index < -0.39 is 0 Å². The Morgan fingerprint density at radius 3 is 2.78 bits per heavy atom. The van der Waals surface area contributed by atoms with Gasteiger partial charge in [0, 0.05) is 24.5 Å². The first-order valence-corrected chi connectivity index (χ1v) is 11.1. The van der Waals surface area contributed by atoms with Crippen LogP contribution in [0.25, 0.3) is 22.7 Å². The largest absolute Gasteiger partial charge is 0.497 e. The molecule has 3 heterocycles. The lowest BCUT2D eigenvalue weighted by Gasteiger charge is -2.15. The van der Waals surface area contributed by atoms with Gasteiger partial charge in [-0.05, 0) is 31.0 Å². The Kier molecular flexibility index (Phi) is 5.58. The SMILES string of the molecule is COc1cccc(-n2nccc2-c2nc(C(=O)NC3CCCCCC3)c3cnccn23)c1. The summed E-state index contributed by atoms with van der Waals surface area (Å²) in [6.45, 7) is 0. The molecule has 1 N–H and O–H groups in total. The minimum atomic E-state index is -0.152. The molecule has 8 heteroatoms. The van der Waals surface area contributed by atoms with E-state index in [1.54, 1.807) is 30.4 Å². The van der Waals surface area contributed by atoms with Crippen LogP contribution in [0.15, 0.2) is 55.1 Å². The highest BCUT2D eigenvalue weighted by molar-refractivity contribution is 6.00. The molecule has 1 aromatic carbocycles. The Balaban J connectivity index is 1.54. The zero-order valence-electron chi connectivity index (χ0n) is 18.1. The molecule has 0 aliphatic heterocycles. The van der Waals surface area contributed by atoms with Crippen molar-refractivity contribution in [2.75, 3.05) is 7.11 Å². The smallest absolute Gasteiger partial charge is 0.272 e. The first kappa shape index (κ1) is 20.2. The van der Waals surface area contributed by atoms with Gasteiger partial charge < -0.3 is 10.1 Å². The number of amides is 1. The van der Waals surface area contributed by atoms with E-state index in [9.17, 15) is 4.79 Å². The molecule has 0 atom stereocenters. The Hall–Kier alpha value is -3.68. The van der Waals surface area contributed by atoms with Crippen LogP contribution in [0.5, 0.6) is 5.75 Å². The average Bonchev–Trinajstić information content (AvgIpc) is 3.37. The summed E-state index contributed by atoms with van der Waals surface area (Å²) < 4.78 is 9.05. The van der Waals surface area contributed by atoms with Crippen LogP contribution in [-0.2, 0) is 0 Å². The molecule has 4 aromatic rings. The summed E-state index contributed by atoms with van der Waals surface area (Å²) in [5.41, 5.74) is 2.68. The summed E-state index contributed by atoms with van der Waals surface area (Å²) in [4.78, 5) is 22.2. The molecule has 8 nitrogen and oxygen atoms in total. The van der Waals surface area contributed by atoms with Gasteiger partial charge in [0.2, 0.25) is 0 Å². The number of carbonyl (C=O) groups is 1. The molecular formula is C24H26N6O2. The number of nitrogens with one attached hydrogen (secondary N) is 1. The third kappa shape index (κ3) is 3.84. The number of aromatic nitrogens is 5. The van der Waals surface area contributed by atoms with Crippen LogP contribution in [0.2, 0.25) is 0 Å². The Morgan fingerprint density at radius 1 is 1.12 bits per heavy atom. The van der Waals surface area contributed by atoms with Crippen molar-refractivity contribution >= 4 is 11.4 Å². The number of methoxy groups -OCH3 is 1. The molecule has 3 aromatic heterocycles. The molecule has 0 spiro atoms. The van der Waals surface area contributed by atoms with E-state index >= 15 is 0 Å². The zero-order valence-corrected chi connectivity index (χ0v) is 18.1. The fourth-order valence-electron chi connectivity index (χ4n) is 4.38. The Morgan fingerprint density at radius 2 is 1.97 bits per heavy atom. The monoisotopic (exact) mass is 430 g/mol. The van der Waals surface area contributed by atoms with Gasteiger partial charge in [-0.15, -0.1) is 0 Å². The van der Waals surface area contributed by atoms with Crippen molar-refractivity contribution in [2.45, 2.75) is 44.6 Å². The summed E-state index contributed by atoms with van der Waals surface area (Å²) in [6, 6.07) is 9.76. The molecule has 1 fully saturated rings. The van der Waals surface area contributed by atoms with Crippen molar-refractivity contribution in [3.8, 4) is 23.0 Å². The number of nitrogens with zero attached hydrogens (tertiary/aromatic N) is 5. The van der Waals surface area contributed by atoms with Gasteiger partial charge >= 0.3 is 0 Å². The highest BCUT2D eigenvalue weighted by atomic mass is 16.5. The van der Waals surface area contributed by atoms with Gasteiger partial charge in [-0.2, -0.15) is 5.10 Å². The summed E-state index contributed by atoms with van der Waals surface area (Å²) in [6.07, 6.45) is 13.7. The van der Waals surface area contributed by atoms with E-state index in [0.717, 1.165) is 42.8 Å². The van der Waals surface area contributed by atoms with E-state index in [2.05, 4.69) is 15.4 Å². The summed E-state index contributed by atoms with van der Waals surface area (Å²) in [5.74, 6) is 1.22. The van der Waals surface area contributed by atoms with E-state index in [-0.39, 0.29) is 11.9 Å². The number of fused-ring (bicyclic) bond motifs is 1. The maximum Gasteiger partial charge on any atom is 0.272 e. The zero-order chi connectivity index (χ0) is 21.9. The predicted octanol–water partition coefficient (Wildman–Crippen LogP) is 4.04. The van der Waals surface area contributed by atoms with Crippen molar-refractivity contribution < 1.29 is 9.53 Å². The van der Waals surface area contributed by atoms with E-state index in [1.807, 2.05) is 40.9 Å². The van der Waals surface area contributed by atoms with E-state index in [1.165, 1.54) is 12.8 Å². The molecule has 1 saturated carbocycles. The standard InChI is InChI=1S/C24H26N6O2/c1-32-19-10-6-9-18(15-19)30-20(11-12-26-30)23-28-22(21-16-25-13-14-29(21)23)24(31)27-17-7-4-2-3-5-8-17/h6,9-17H,2-5,7-8H2,1H3,(H,27,31). The van der Waals surface area contributed by atoms with Gasteiger partial charge in [0.05, 0.1) is 30.7 Å². The number of benzene rings is 1. The lowest BCUT2D eigenvalue weighted by atomic mass is 10.1. The fraction of sp³-hybridized carbons (Fsp3) is 0.333. The second-order valence-corrected chi connectivity index (χ2v) is 8.11. The quantitative estimate of drug-likeness (QED) is 0.483. The van der Waals surface area contributed by atoms with Crippen LogP contribution in [0.4, 0.5) is 0 Å². The van der Waals surface area contributed by atoms with Crippen molar-refractivity contribution in [3.63, 3.8) is 0 Å². The second kappa shape index (κ2) is 8.82. The van der Waals surface area contributed by atoms with Gasteiger partial charge in [-0.25, -0.2) is 9.67 Å². The molecular weight excluding hydrogens is 404 g/mol. The normalized spacial score (nSPS) is 14.9. The third-order valence-corrected chi connectivity index (χ3v) is 6.02. The molecule has 0 unspecified atom stereocenters. The molecule has 5 rings (SSSR count). The lowest BCUT2D eigenvalue weighted by Crippen LogP contribution is -2.34. The van der Waals surface area contributed by atoms with Crippen LogP contribution >= 0.6 is 0 Å². The Labute approximate surface area is 186 Å². The molecule has 0 bridgehead atoms. The highest BCUT2D eigenvalue weighted by Gasteiger charge is 2.23. The molecule has 0 radical (unpaired) electrons. The van der Waals surface area contributed by atoms with Crippen LogP contribution in [0.1, 0.15) is 49.0 Å². The van der Waals surface area contributed by atoms with Gasteiger partial charge in [0.25, 0.3) is 5.91 Å². The van der Waals surface area contributed by atoms with Gasteiger partial charge in [0.1, 0.15) is 11.4 Å². The number of imidazole rings is 1. The first-order chi connectivity index (χ1) is 15.7. The summed E-state index contributed by atoms with van der Waals surface area (Å²) in [7, 11) is 1.64. The highest BCUT2D eigenvalue weighted by Crippen LogP contribution is 2.26. The third-order valence-electron chi connectivity index (χ3n) is 6.02. The molecule has 1 aliphatic rings. The molecule has 164 valence electrons. The fourth-order valence-corrected chi connectivity index (χ4v) is 4.38. The number of rotatable bonds is 5. The number of carbonyl (C=O) groups excluding carboxylic acids is 1.